The van der Waals surface area contributed by atoms with Gasteiger partial charge in [0.1, 0.15) is 67.1 Å². The standard InChI is InChI=1S/C47H80O19/c1-42(2)27(52)10-12-44(5)26-15-21(50)29-20(47(8)14-11-28(66-47)43(3,4)59)9-13-45(29,6)46(26,7)16-23(38(42)44)61-40-36(33(56)31(54)24(17-48)62-40)65-41-37(34(57)32(55)25(18-49)63-41)64-39-35(58)30(53)22(51)19-60-39/h20-41,48-59H,9-19H2,1-8H3/t20-,21+,22+,23-,24+,25+,26+,27-,28-,29-,30-,31-,32-,33-,34-,35+,36+,37+,38-,39-,40+,41-,44+,45+,46+,47-/m0/s1. The summed E-state index contributed by atoms with van der Waals surface area (Å²) in [7, 11) is 0. The van der Waals surface area contributed by atoms with E-state index in [1.807, 2.05) is 13.8 Å². The minimum atomic E-state index is -1.87. The molecule has 0 bridgehead atoms. The second-order valence-corrected chi connectivity index (χ2v) is 23.6. The van der Waals surface area contributed by atoms with Crippen molar-refractivity contribution in [3.8, 4) is 0 Å². The van der Waals surface area contributed by atoms with Crippen LogP contribution in [-0.2, 0) is 33.2 Å². The molecule has 0 aromatic rings. The smallest absolute Gasteiger partial charge is 0.187 e. The van der Waals surface area contributed by atoms with Gasteiger partial charge in [0.15, 0.2) is 18.9 Å². The highest BCUT2D eigenvalue weighted by Gasteiger charge is 2.74. The lowest BCUT2D eigenvalue weighted by Crippen LogP contribution is -2.71. The fraction of sp³-hybridized carbons (Fsp3) is 1.00. The highest BCUT2D eigenvalue weighted by atomic mass is 16.8. The molecule has 8 aliphatic rings. The molecule has 8 rings (SSSR count). The number of hydrogen-bond acceptors (Lipinski definition) is 19. The molecule has 0 radical (unpaired) electrons. The van der Waals surface area contributed by atoms with Gasteiger partial charge < -0.3 is 94.4 Å². The zero-order valence-electron chi connectivity index (χ0n) is 39.7. The third kappa shape index (κ3) is 8.16. The molecule has 0 aromatic heterocycles. The molecule has 0 amide bonds. The number of fused-ring (bicyclic) bond motifs is 5. The lowest BCUT2D eigenvalue weighted by Gasteiger charge is -2.72. The summed E-state index contributed by atoms with van der Waals surface area (Å²) in [6.07, 6.45) is -20.7. The van der Waals surface area contributed by atoms with Crippen molar-refractivity contribution in [3.05, 3.63) is 0 Å². The maximum atomic E-state index is 12.5. The third-order valence-corrected chi connectivity index (χ3v) is 19.1. The molecule has 19 heteroatoms. The molecule has 4 heterocycles. The lowest BCUT2D eigenvalue weighted by atomic mass is 9.34. The van der Waals surface area contributed by atoms with Crippen LogP contribution >= 0.6 is 0 Å². The van der Waals surface area contributed by atoms with Gasteiger partial charge in [0.25, 0.3) is 0 Å². The minimum Gasteiger partial charge on any atom is -0.394 e. The number of ether oxygens (including phenoxy) is 7. The van der Waals surface area contributed by atoms with Crippen LogP contribution in [0.5, 0.6) is 0 Å². The first-order chi connectivity index (χ1) is 30.7. The van der Waals surface area contributed by atoms with Gasteiger partial charge in [-0.1, -0.05) is 34.6 Å². The molecule has 382 valence electrons. The van der Waals surface area contributed by atoms with Gasteiger partial charge in [-0.05, 0) is 117 Å². The summed E-state index contributed by atoms with van der Waals surface area (Å²) in [5.41, 5.74) is -3.83. The van der Waals surface area contributed by atoms with Crippen LogP contribution < -0.4 is 0 Å². The molecule has 19 nitrogen and oxygen atoms in total. The molecule has 8 fully saturated rings. The van der Waals surface area contributed by atoms with Crippen LogP contribution in [0.1, 0.15) is 107 Å². The van der Waals surface area contributed by atoms with Crippen molar-refractivity contribution in [3.63, 3.8) is 0 Å². The zero-order valence-corrected chi connectivity index (χ0v) is 39.7. The van der Waals surface area contributed by atoms with E-state index in [0.717, 1.165) is 19.3 Å². The fourth-order valence-corrected chi connectivity index (χ4v) is 15.3. The Kier molecular flexibility index (Phi) is 14.1. The molecule has 26 atom stereocenters. The van der Waals surface area contributed by atoms with Crippen molar-refractivity contribution in [2.75, 3.05) is 19.8 Å². The van der Waals surface area contributed by atoms with E-state index in [4.69, 9.17) is 33.2 Å². The first kappa shape index (κ1) is 51.6. The molecule has 4 saturated carbocycles. The van der Waals surface area contributed by atoms with Gasteiger partial charge >= 0.3 is 0 Å². The van der Waals surface area contributed by atoms with Crippen LogP contribution in [0.25, 0.3) is 0 Å². The van der Waals surface area contributed by atoms with E-state index < -0.39 is 157 Å². The van der Waals surface area contributed by atoms with E-state index in [0.29, 0.717) is 32.1 Å². The Morgan fingerprint density at radius 3 is 1.76 bits per heavy atom. The van der Waals surface area contributed by atoms with Gasteiger partial charge in [0, 0.05) is 0 Å². The van der Waals surface area contributed by atoms with E-state index >= 15 is 0 Å². The Bertz CT molecular complexity index is 1700. The van der Waals surface area contributed by atoms with E-state index in [9.17, 15) is 61.3 Å². The molecule has 4 saturated heterocycles. The Morgan fingerprint density at radius 1 is 0.621 bits per heavy atom. The predicted molar refractivity (Wildman–Crippen MR) is 228 cm³/mol. The topological polar surface area (TPSA) is 307 Å². The summed E-state index contributed by atoms with van der Waals surface area (Å²) in [5.74, 6) is -0.564. The Morgan fingerprint density at radius 2 is 1.20 bits per heavy atom. The molecular weight excluding hydrogens is 868 g/mol. The van der Waals surface area contributed by atoms with Crippen molar-refractivity contribution < 1.29 is 94.4 Å². The van der Waals surface area contributed by atoms with Crippen molar-refractivity contribution in [1.29, 1.82) is 0 Å². The zero-order chi connectivity index (χ0) is 48.4. The highest BCUT2D eigenvalue weighted by molar-refractivity contribution is 5.22. The normalized spacial score (nSPS) is 56.4. The monoisotopic (exact) mass is 949 g/mol. The van der Waals surface area contributed by atoms with Crippen LogP contribution in [0.4, 0.5) is 0 Å². The Labute approximate surface area is 387 Å². The summed E-state index contributed by atoms with van der Waals surface area (Å²) in [6.45, 7) is 14.5. The maximum Gasteiger partial charge on any atom is 0.187 e. The third-order valence-electron chi connectivity index (χ3n) is 19.1. The number of hydrogen-bond donors (Lipinski definition) is 12. The second-order valence-electron chi connectivity index (χ2n) is 23.6. The van der Waals surface area contributed by atoms with Gasteiger partial charge in [0.05, 0.1) is 55.4 Å². The van der Waals surface area contributed by atoms with Crippen LogP contribution in [0.2, 0.25) is 0 Å². The van der Waals surface area contributed by atoms with Gasteiger partial charge in [-0.3, -0.25) is 0 Å². The average molecular weight is 949 g/mol. The Balaban J connectivity index is 1.15. The number of aliphatic hydroxyl groups is 12. The summed E-state index contributed by atoms with van der Waals surface area (Å²) in [4.78, 5) is 0. The van der Waals surface area contributed by atoms with E-state index in [2.05, 4.69) is 27.7 Å². The molecular formula is C47H80O19. The van der Waals surface area contributed by atoms with Crippen LogP contribution in [0.15, 0.2) is 0 Å². The van der Waals surface area contributed by atoms with Crippen molar-refractivity contribution in [2.45, 2.75) is 228 Å². The predicted octanol–water partition coefficient (Wildman–Crippen LogP) is -1.21. The molecule has 4 aliphatic heterocycles. The van der Waals surface area contributed by atoms with Crippen LogP contribution in [0, 0.1) is 45.3 Å². The first-order valence-corrected chi connectivity index (χ1v) is 24.3. The fourth-order valence-electron chi connectivity index (χ4n) is 15.3. The van der Waals surface area contributed by atoms with Gasteiger partial charge in [-0.2, -0.15) is 0 Å². The molecule has 0 spiro atoms. The van der Waals surface area contributed by atoms with Crippen molar-refractivity contribution in [1.82, 2.24) is 0 Å². The highest BCUT2D eigenvalue weighted by Crippen LogP contribution is 2.76. The maximum absolute atomic E-state index is 12.5. The first-order valence-electron chi connectivity index (χ1n) is 24.3. The summed E-state index contributed by atoms with van der Waals surface area (Å²) < 4.78 is 43.9. The van der Waals surface area contributed by atoms with E-state index in [1.165, 1.54) is 0 Å². The number of rotatable bonds is 10. The molecule has 0 aromatic carbocycles. The molecule has 0 unspecified atom stereocenters. The molecule has 4 aliphatic carbocycles. The molecule has 66 heavy (non-hydrogen) atoms. The van der Waals surface area contributed by atoms with Crippen molar-refractivity contribution >= 4 is 0 Å². The SMILES string of the molecule is CC(C)(O)[C@@H]1CC[C@@](C)([C@H]2CC[C@]3(C)[C@@H]2[C@H](O)C[C@@H]2[C@@]4(C)CC[C@H](O)C(C)(C)[C@@H]4[C@@H](O[C@@H]4O[C@H](CO)[C@H](O)[C@H](O)[C@H]4O[C@@H]4O[C@H](CO)[C@H](O)[C@H](O)[C@H]4O[C@@H]4OC[C@@H](O)[C@H](O)[C@H]4O)C[C@]23C)O1. The minimum absolute atomic E-state index is 0.00530. The Hall–Kier alpha value is -0.760. The van der Waals surface area contributed by atoms with E-state index in [-0.39, 0.29) is 29.8 Å². The quantitative estimate of drug-likeness (QED) is 0.114. The largest absolute Gasteiger partial charge is 0.394 e. The number of aliphatic hydroxyl groups excluding tert-OH is 11. The summed E-state index contributed by atoms with van der Waals surface area (Å²) in [6, 6.07) is 0. The summed E-state index contributed by atoms with van der Waals surface area (Å²) >= 11 is 0. The lowest BCUT2D eigenvalue weighted by molar-refractivity contribution is -0.397. The van der Waals surface area contributed by atoms with E-state index in [1.54, 1.807) is 13.8 Å². The van der Waals surface area contributed by atoms with Crippen molar-refractivity contribution in [2.24, 2.45) is 45.3 Å². The average Bonchev–Trinajstić information content (AvgIpc) is 3.85. The second kappa shape index (κ2) is 18.1. The van der Waals surface area contributed by atoms with Crippen LogP contribution in [-0.4, -0.2) is 203 Å². The molecule has 12 N–H and O–H groups in total. The van der Waals surface area contributed by atoms with Gasteiger partial charge in [0.2, 0.25) is 0 Å². The van der Waals surface area contributed by atoms with Gasteiger partial charge in [-0.25, -0.2) is 0 Å². The van der Waals surface area contributed by atoms with Crippen LogP contribution in [0.3, 0.4) is 0 Å². The van der Waals surface area contributed by atoms with Gasteiger partial charge in [-0.15, -0.1) is 0 Å². The summed E-state index contributed by atoms with van der Waals surface area (Å²) in [5, 5.41) is 133.